The first-order valence-electron chi connectivity index (χ1n) is 8.88. The van der Waals surface area contributed by atoms with Crippen LogP contribution >= 0.6 is 0 Å². The van der Waals surface area contributed by atoms with Gasteiger partial charge in [-0.2, -0.15) is 0 Å². The van der Waals surface area contributed by atoms with E-state index in [1.807, 2.05) is 6.07 Å². The predicted octanol–water partition coefficient (Wildman–Crippen LogP) is 2.79. The summed E-state index contributed by atoms with van der Waals surface area (Å²) in [6.07, 6.45) is 5.23. The third-order valence-electron chi connectivity index (χ3n) is 5.28. The summed E-state index contributed by atoms with van der Waals surface area (Å²) >= 11 is 0. The number of hydrogen-bond donors (Lipinski definition) is 1. The molecule has 1 atom stereocenters. The Hall–Kier alpha value is -1.55. The molecule has 4 nitrogen and oxygen atoms in total. The van der Waals surface area contributed by atoms with Gasteiger partial charge in [0.15, 0.2) is 0 Å². The van der Waals surface area contributed by atoms with Gasteiger partial charge in [-0.1, -0.05) is 12.1 Å². The first kappa shape index (κ1) is 16.3. The van der Waals surface area contributed by atoms with Crippen LogP contribution in [0.2, 0.25) is 0 Å². The third kappa shape index (κ3) is 4.25. The molecule has 0 saturated carbocycles. The van der Waals surface area contributed by atoms with Gasteiger partial charge < -0.3 is 15.0 Å². The molecule has 1 aromatic rings. The van der Waals surface area contributed by atoms with Gasteiger partial charge in [0.1, 0.15) is 5.75 Å². The van der Waals surface area contributed by atoms with Crippen LogP contribution in [0.3, 0.4) is 0 Å². The van der Waals surface area contributed by atoms with Crippen LogP contribution in [0.15, 0.2) is 24.3 Å². The van der Waals surface area contributed by atoms with Gasteiger partial charge in [-0.25, -0.2) is 0 Å². The minimum atomic E-state index is 0.350. The molecule has 2 fully saturated rings. The Kier molecular flexibility index (Phi) is 5.55. The molecule has 0 radical (unpaired) electrons. The van der Waals surface area contributed by atoms with E-state index >= 15 is 0 Å². The Morgan fingerprint density at radius 1 is 1.30 bits per heavy atom. The fourth-order valence-corrected chi connectivity index (χ4v) is 3.83. The predicted molar refractivity (Wildman–Crippen MR) is 91.8 cm³/mol. The van der Waals surface area contributed by atoms with Crippen molar-refractivity contribution in [2.75, 3.05) is 33.3 Å². The van der Waals surface area contributed by atoms with Crippen LogP contribution in [0, 0.1) is 5.92 Å². The van der Waals surface area contributed by atoms with Crippen molar-refractivity contribution in [1.82, 2.24) is 10.2 Å². The van der Waals surface area contributed by atoms with E-state index in [1.54, 1.807) is 7.11 Å². The molecular formula is C19H28N2O2. The molecule has 0 bridgehead atoms. The first-order valence-corrected chi connectivity index (χ1v) is 8.88. The SMILES string of the molecule is COc1cccc(C2CCN(C(=O)CC3CCCNC3)CC2)c1. The lowest BCUT2D eigenvalue weighted by molar-refractivity contribution is -0.133. The zero-order valence-electron chi connectivity index (χ0n) is 14.1. The highest BCUT2D eigenvalue weighted by Gasteiger charge is 2.26. The molecule has 126 valence electrons. The number of carbonyl (C=O) groups is 1. The van der Waals surface area contributed by atoms with E-state index in [2.05, 4.69) is 28.4 Å². The number of piperidine rings is 2. The highest BCUT2D eigenvalue weighted by atomic mass is 16.5. The van der Waals surface area contributed by atoms with Gasteiger partial charge in [0.05, 0.1) is 7.11 Å². The normalized spacial score (nSPS) is 22.8. The molecule has 0 aromatic heterocycles. The molecule has 4 heteroatoms. The summed E-state index contributed by atoms with van der Waals surface area (Å²) in [6.45, 7) is 3.89. The molecule has 1 N–H and O–H groups in total. The topological polar surface area (TPSA) is 41.6 Å². The van der Waals surface area contributed by atoms with Crippen molar-refractivity contribution in [2.45, 2.75) is 38.0 Å². The van der Waals surface area contributed by atoms with E-state index in [4.69, 9.17) is 4.74 Å². The van der Waals surface area contributed by atoms with Gasteiger partial charge >= 0.3 is 0 Å². The number of nitrogens with zero attached hydrogens (tertiary/aromatic N) is 1. The van der Waals surface area contributed by atoms with E-state index in [-0.39, 0.29) is 0 Å². The van der Waals surface area contributed by atoms with E-state index in [0.717, 1.165) is 51.2 Å². The minimum absolute atomic E-state index is 0.350. The van der Waals surface area contributed by atoms with Gasteiger partial charge in [0.2, 0.25) is 5.91 Å². The molecule has 0 aliphatic carbocycles. The molecule has 2 heterocycles. The lowest BCUT2D eigenvalue weighted by Crippen LogP contribution is -2.40. The summed E-state index contributed by atoms with van der Waals surface area (Å²) in [7, 11) is 1.71. The lowest BCUT2D eigenvalue weighted by atomic mass is 9.88. The summed E-state index contributed by atoms with van der Waals surface area (Å²) in [4.78, 5) is 14.6. The van der Waals surface area contributed by atoms with E-state index < -0.39 is 0 Å². The average molecular weight is 316 g/mol. The van der Waals surface area contributed by atoms with Crippen LogP contribution in [0.5, 0.6) is 5.75 Å². The van der Waals surface area contributed by atoms with Crippen molar-refractivity contribution >= 4 is 5.91 Å². The monoisotopic (exact) mass is 316 g/mol. The zero-order chi connectivity index (χ0) is 16.1. The Morgan fingerprint density at radius 3 is 2.83 bits per heavy atom. The van der Waals surface area contributed by atoms with Gasteiger partial charge in [0.25, 0.3) is 0 Å². The molecule has 2 aliphatic rings. The molecule has 3 rings (SSSR count). The highest BCUT2D eigenvalue weighted by Crippen LogP contribution is 2.30. The second-order valence-corrected chi connectivity index (χ2v) is 6.85. The smallest absolute Gasteiger partial charge is 0.222 e. The minimum Gasteiger partial charge on any atom is -0.497 e. The maximum atomic E-state index is 12.5. The van der Waals surface area contributed by atoms with E-state index in [1.165, 1.54) is 18.4 Å². The van der Waals surface area contributed by atoms with Gasteiger partial charge in [-0.05, 0) is 68.3 Å². The maximum Gasteiger partial charge on any atom is 0.222 e. The number of ether oxygens (including phenoxy) is 1. The number of benzene rings is 1. The Bertz CT molecular complexity index is 518. The van der Waals surface area contributed by atoms with Crippen LogP contribution < -0.4 is 10.1 Å². The van der Waals surface area contributed by atoms with E-state index in [9.17, 15) is 4.79 Å². The molecule has 23 heavy (non-hydrogen) atoms. The van der Waals surface area contributed by atoms with Crippen molar-refractivity contribution in [3.63, 3.8) is 0 Å². The van der Waals surface area contributed by atoms with Crippen LogP contribution in [-0.4, -0.2) is 44.1 Å². The number of likely N-dealkylation sites (tertiary alicyclic amines) is 1. The van der Waals surface area contributed by atoms with Crippen molar-refractivity contribution in [3.8, 4) is 5.75 Å². The Morgan fingerprint density at radius 2 is 2.13 bits per heavy atom. The Balaban J connectivity index is 1.50. The number of amides is 1. The molecule has 2 aliphatic heterocycles. The van der Waals surface area contributed by atoms with Crippen molar-refractivity contribution < 1.29 is 9.53 Å². The number of rotatable bonds is 4. The maximum absolute atomic E-state index is 12.5. The number of hydrogen-bond acceptors (Lipinski definition) is 3. The van der Waals surface area contributed by atoms with Crippen molar-refractivity contribution in [2.24, 2.45) is 5.92 Å². The van der Waals surface area contributed by atoms with Crippen molar-refractivity contribution in [1.29, 1.82) is 0 Å². The summed E-state index contributed by atoms with van der Waals surface area (Å²) in [5.41, 5.74) is 1.34. The Labute approximate surface area is 139 Å². The number of nitrogens with one attached hydrogen (secondary N) is 1. The quantitative estimate of drug-likeness (QED) is 0.929. The fourth-order valence-electron chi connectivity index (χ4n) is 3.83. The average Bonchev–Trinajstić information content (AvgIpc) is 2.63. The summed E-state index contributed by atoms with van der Waals surface area (Å²) in [5.74, 6) is 2.35. The van der Waals surface area contributed by atoms with Gasteiger partial charge in [0, 0.05) is 19.5 Å². The van der Waals surface area contributed by atoms with Gasteiger partial charge in [-0.3, -0.25) is 4.79 Å². The summed E-state index contributed by atoms with van der Waals surface area (Å²) in [5, 5.41) is 3.40. The van der Waals surface area contributed by atoms with Crippen LogP contribution in [0.25, 0.3) is 0 Å². The molecule has 1 aromatic carbocycles. The molecule has 1 unspecified atom stereocenters. The highest BCUT2D eigenvalue weighted by molar-refractivity contribution is 5.76. The second kappa shape index (κ2) is 7.82. The first-order chi connectivity index (χ1) is 11.3. The standard InChI is InChI=1S/C19H28N2O2/c1-23-18-6-2-5-17(13-18)16-7-10-21(11-8-16)19(22)12-15-4-3-9-20-14-15/h2,5-6,13,15-16,20H,3-4,7-12,14H2,1H3. The van der Waals surface area contributed by atoms with Crippen molar-refractivity contribution in [3.05, 3.63) is 29.8 Å². The molecule has 0 spiro atoms. The number of methoxy groups -OCH3 is 1. The van der Waals surface area contributed by atoms with Crippen LogP contribution in [0.1, 0.15) is 43.6 Å². The third-order valence-corrected chi connectivity index (χ3v) is 5.28. The summed E-state index contributed by atoms with van der Waals surface area (Å²) < 4.78 is 5.32. The van der Waals surface area contributed by atoms with Crippen LogP contribution in [-0.2, 0) is 4.79 Å². The second-order valence-electron chi connectivity index (χ2n) is 6.85. The molecule has 2 saturated heterocycles. The van der Waals surface area contributed by atoms with Crippen LogP contribution in [0.4, 0.5) is 0 Å². The summed E-state index contributed by atoms with van der Waals surface area (Å²) in [6, 6.07) is 8.36. The fraction of sp³-hybridized carbons (Fsp3) is 0.632. The lowest BCUT2D eigenvalue weighted by Gasteiger charge is -2.33. The molecule has 1 amide bonds. The molecular weight excluding hydrogens is 288 g/mol. The zero-order valence-corrected chi connectivity index (χ0v) is 14.1. The van der Waals surface area contributed by atoms with E-state index in [0.29, 0.717) is 17.7 Å². The number of carbonyl (C=O) groups excluding carboxylic acids is 1. The largest absolute Gasteiger partial charge is 0.497 e. The van der Waals surface area contributed by atoms with Gasteiger partial charge in [-0.15, -0.1) is 0 Å².